The van der Waals surface area contributed by atoms with Crippen molar-refractivity contribution in [1.29, 1.82) is 0 Å². The van der Waals surface area contributed by atoms with E-state index in [0.29, 0.717) is 6.61 Å². The molecule has 1 heterocycles. The first-order valence-electron chi connectivity index (χ1n) is 3.83. The molecule has 12 heavy (non-hydrogen) atoms. The molecule has 0 aromatic carbocycles. The highest BCUT2D eigenvalue weighted by Crippen LogP contribution is 2.15. The van der Waals surface area contributed by atoms with Crippen LogP contribution in [0.1, 0.15) is 19.4 Å². The van der Waals surface area contributed by atoms with Gasteiger partial charge in [-0.1, -0.05) is 0 Å². The number of ether oxygens (including phenoxy) is 1. The monoisotopic (exact) mass is 183 g/mol. The quantitative estimate of drug-likeness (QED) is 0.573. The summed E-state index contributed by atoms with van der Waals surface area (Å²) in [4.78, 5) is 3.54. The lowest BCUT2D eigenvalue weighted by Gasteiger charge is -2.18. The van der Waals surface area contributed by atoms with E-state index >= 15 is 0 Å². The predicted octanol–water partition coefficient (Wildman–Crippen LogP) is 2.26. The topological polar surface area (TPSA) is 22.1 Å². The van der Waals surface area contributed by atoms with Crippen molar-refractivity contribution in [2.75, 3.05) is 0 Å². The maximum Gasteiger partial charge on any atom is 0.105 e. The molecule has 0 aliphatic heterocycles. The van der Waals surface area contributed by atoms with Crippen LogP contribution in [0.2, 0.25) is 0 Å². The fourth-order valence-corrected chi connectivity index (χ4v) is 0.804. The zero-order valence-electron chi connectivity index (χ0n) is 7.32. The van der Waals surface area contributed by atoms with Crippen LogP contribution in [0.25, 0.3) is 0 Å². The lowest BCUT2D eigenvalue weighted by molar-refractivity contribution is 0.0411. The van der Waals surface area contributed by atoms with Gasteiger partial charge in [-0.2, -0.15) is 0 Å². The van der Waals surface area contributed by atoms with Gasteiger partial charge < -0.3 is 4.74 Å². The zero-order valence-corrected chi connectivity index (χ0v) is 8.21. The number of nitrogens with zero attached hydrogens (tertiary/aromatic N) is 1. The van der Waals surface area contributed by atoms with E-state index in [2.05, 4.69) is 17.6 Å². The Balaban J connectivity index is 2.44. The van der Waals surface area contributed by atoms with E-state index in [1.807, 2.05) is 26.0 Å². The second-order valence-electron chi connectivity index (χ2n) is 3.09. The fraction of sp³-hybridized carbons (Fsp3) is 0.444. The summed E-state index contributed by atoms with van der Waals surface area (Å²) in [7, 11) is 0. The molecule has 0 saturated heterocycles. The van der Waals surface area contributed by atoms with E-state index in [9.17, 15) is 0 Å². The Morgan fingerprint density at radius 1 is 1.42 bits per heavy atom. The summed E-state index contributed by atoms with van der Waals surface area (Å²) in [6.07, 6.45) is 3.51. The predicted molar refractivity (Wildman–Crippen MR) is 52.1 cm³/mol. The van der Waals surface area contributed by atoms with Crippen molar-refractivity contribution in [3.8, 4) is 0 Å². The van der Waals surface area contributed by atoms with Gasteiger partial charge in [0.2, 0.25) is 0 Å². The minimum absolute atomic E-state index is 0.372. The fourth-order valence-electron chi connectivity index (χ4n) is 0.739. The third-order valence-electron chi connectivity index (χ3n) is 1.34. The number of hydrogen-bond donors (Lipinski definition) is 1. The average molecular weight is 183 g/mol. The van der Waals surface area contributed by atoms with E-state index in [-0.39, 0.29) is 4.93 Å². The molecule has 1 aromatic rings. The molecular weight excluding hydrogens is 170 g/mol. The Bertz CT molecular complexity index is 230. The molecular formula is C9H13NOS. The van der Waals surface area contributed by atoms with Gasteiger partial charge in [-0.05, 0) is 31.5 Å². The molecule has 0 aliphatic rings. The van der Waals surface area contributed by atoms with Gasteiger partial charge in [-0.25, -0.2) is 0 Å². The van der Waals surface area contributed by atoms with Crippen molar-refractivity contribution in [2.24, 2.45) is 0 Å². The van der Waals surface area contributed by atoms with Gasteiger partial charge in [0.25, 0.3) is 0 Å². The standard InChI is InChI=1S/C9H13NOS/c1-9(2,12)11-7-8-3-5-10-6-4-8/h3-6,12H,7H2,1-2H3. The molecule has 0 radical (unpaired) electrons. The Hall–Kier alpha value is -0.540. The smallest absolute Gasteiger partial charge is 0.105 e. The molecule has 0 fully saturated rings. The summed E-state index contributed by atoms with van der Waals surface area (Å²) in [5, 5.41) is 0. The SMILES string of the molecule is CC(C)(S)OCc1ccncc1. The Morgan fingerprint density at radius 3 is 2.50 bits per heavy atom. The minimum Gasteiger partial charge on any atom is -0.361 e. The average Bonchev–Trinajstić information content (AvgIpc) is 2.02. The normalized spacial score (nSPS) is 11.6. The molecule has 1 rings (SSSR count). The molecule has 1 aromatic heterocycles. The number of pyridine rings is 1. The maximum atomic E-state index is 5.45. The van der Waals surface area contributed by atoms with Crippen molar-refractivity contribution in [2.45, 2.75) is 25.4 Å². The van der Waals surface area contributed by atoms with Crippen LogP contribution in [0.4, 0.5) is 0 Å². The molecule has 2 nitrogen and oxygen atoms in total. The van der Waals surface area contributed by atoms with Crippen LogP contribution in [0.3, 0.4) is 0 Å². The second kappa shape index (κ2) is 3.92. The van der Waals surface area contributed by atoms with Crippen LogP contribution < -0.4 is 0 Å². The minimum atomic E-state index is -0.372. The summed E-state index contributed by atoms with van der Waals surface area (Å²) in [5.41, 5.74) is 1.12. The third kappa shape index (κ3) is 3.74. The Labute approximate surface area is 78.4 Å². The maximum absolute atomic E-state index is 5.45. The summed E-state index contributed by atoms with van der Waals surface area (Å²) in [5.74, 6) is 0. The lowest BCUT2D eigenvalue weighted by atomic mass is 10.3. The number of hydrogen-bond acceptors (Lipinski definition) is 3. The van der Waals surface area contributed by atoms with Gasteiger partial charge in [0.15, 0.2) is 0 Å². The van der Waals surface area contributed by atoms with E-state index in [4.69, 9.17) is 4.74 Å². The number of aromatic nitrogens is 1. The molecule has 0 spiro atoms. The molecule has 66 valence electrons. The van der Waals surface area contributed by atoms with Crippen LogP contribution in [0.15, 0.2) is 24.5 Å². The lowest BCUT2D eigenvalue weighted by Crippen LogP contribution is -2.15. The zero-order chi connectivity index (χ0) is 9.03. The van der Waals surface area contributed by atoms with Gasteiger partial charge >= 0.3 is 0 Å². The third-order valence-corrected chi connectivity index (χ3v) is 1.47. The van der Waals surface area contributed by atoms with Gasteiger partial charge in [-0.3, -0.25) is 4.98 Å². The summed E-state index contributed by atoms with van der Waals surface area (Å²) >= 11 is 4.25. The summed E-state index contributed by atoms with van der Waals surface area (Å²) in [6, 6.07) is 3.86. The van der Waals surface area contributed by atoms with E-state index in [0.717, 1.165) is 5.56 Å². The largest absolute Gasteiger partial charge is 0.361 e. The molecule has 0 unspecified atom stereocenters. The van der Waals surface area contributed by atoms with Gasteiger partial charge in [0.1, 0.15) is 4.93 Å². The van der Waals surface area contributed by atoms with Crippen LogP contribution in [0, 0.1) is 0 Å². The highest BCUT2D eigenvalue weighted by Gasteiger charge is 2.10. The molecule has 0 atom stereocenters. The van der Waals surface area contributed by atoms with Crippen LogP contribution in [0.5, 0.6) is 0 Å². The number of rotatable bonds is 3. The second-order valence-corrected chi connectivity index (χ2v) is 4.17. The van der Waals surface area contributed by atoms with Gasteiger partial charge in [0, 0.05) is 12.4 Å². The van der Waals surface area contributed by atoms with Crippen molar-refractivity contribution in [3.63, 3.8) is 0 Å². The first kappa shape index (κ1) is 9.55. The van der Waals surface area contributed by atoms with Gasteiger partial charge in [0.05, 0.1) is 6.61 Å². The van der Waals surface area contributed by atoms with Crippen molar-refractivity contribution >= 4 is 12.6 Å². The molecule has 0 bridgehead atoms. The van der Waals surface area contributed by atoms with Crippen LogP contribution in [-0.2, 0) is 11.3 Å². The van der Waals surface area contributed by atoms with E-state index in [1.165, 1.54) is 0 Å². The highest BCUT2D eigenvalue weighted by molar-refractivity contribution is 7.81. The number of thiol groups is 1. The Kier molecular flexibility index (Phi) is 3.12. The molecule has 0 amide bonds. The van der Waals surface area contributed by atoms with Crippen molar-refractivity contribution < 1.29 is 4.74 Å². The van der Waals surface area contributed by atoms with E-state index in [1.54, 1.807) is 12.4 Å². The highest BCUT2D eigenvalue weighted by atomic mass is 32.1. The first-order valence-corrected chi connectivity index (χ1v) is 4.28. The Morgan fingerprint density at radius 2 is 2.00 bits per heavy atom. The van der Waals surface area contributed by atoms with Crippen molar-refractivity contribution in [3.05, 3.63) is 30.1 Å². The first-order chi connectivity index (χ1) is 5.58. The summed E-state index contributed by atoms with van der Waals surface area (Å²) in [6.45, 7) is 4.41. The van der Waals surface area contributed by atoms with Crippen LogP contribution >= 0.6 is 12.6 Å². The molecule has 3 heteroatoms. The van der Waals surface area contributed by atoms with Crippen molar-refractivity contribution in [1.82, 2.24) is 4.98 Å². The van der Waals surface area contributed by atoms with E-state index < -0.39 is 0 Å². The van der Waals surface area contributed by atoms with Crippen LogP contribution in [-0.4, -0.2) is 9.92 Å². The molecule has 0 saturated carbocycles. The van der Waals surface area contributed by atoms with Gasteiger partial charge in [-0.15, -0.1) is 12.6 Å². The molecule has 0 N–H and O–H groups in total. The molecule has 0 aliphatic carbocycles. The summed E-state index contributed by atoms with van der Waals surface area (Å²) < 4.78 is 5.45.